The predicted molar refractivity (Wildman–Crippen MR) is 89.7 cm³/mol. The van der Waals surface area contributed by atoms with Crippen molar-refractivity contribution in [3.05, 3.63) is 53.9 Å². The molecule has 1 aromatic carbocycles. The van der Waals surface area contributed by atoms with Gasteiger partial charge >= 0.3 is 0 Å². The fourth-order valence-corrected chi connectivity index (χ4v) is 2.24. The molecule has 0 fully saturated rings. The van der Waals surface area contributed by atoms with Gasteiger partial charge in [-0.25, -0.2) is 0 Å². The summed E-state index contributed by atoms with van der Waals surface area (Å²) in [7, 11) is 4.10. The van der Waals surface area contributed by atoms with E-state index in [1.54, 1.807) is 12.4 Å². The van der Waals surface area contributed by atoms with Crippen LogP contribution in [0.15, 0.2) is 42.7 Å². The summed E-state index contributed by atoms with van der Waals surface area (Å²) < 4.78 is 0. The first-order valence-electron chi connectivity index (χ1n) is 7.45. The lowest BCUT2D eigenvalue weighted by molar-refractivity contribution is 0.0943. The molecule has 0 saturated heterocycles. The van der Waals surface area contributed by atoms with Gasteiger partial charge in [0.05, 0.1) is 5.56 Å². The number of aromatic nitrogens is 1. The van der Waals surface area contributed by atoms with E-state index in [1.807, 2.05) is 19.9 Å². The Kier molecular flexibility index (Phi) is 5.28. The van der Waals surface area contributed by atoms with Gasteiger partial charge in [0.25, 0.3) is 5.91 Å². The van der Waals surface area contributed by atoms with Crippen LogP contribution in [0.4, 0.5) is 0 Å². The molecule has 1 aromatic heterocycles. The third-order valence-electron chi connectivity index (χ3n) is 3.21. The normalized spacial score (nSPS) is 11.0. The van der Waals surface area contributed by atoms with Crippen molar-refractivity contribution in [2.75, 3.05) is 14.1 Å². The van der Waals surface area contributed by atoms with E-state index in [0.29, 0.717) is 5.56 Å². The molecule has 0 aliphatic heterocycles. The van der Waals surface area contributed by atoms with Crippen LogP contribution in [-0.4, -0.2) is 35.9 Å². The van der Waals surface area contributed by atoms with Crippen LogP contribution in [0.2, 0.25) is 0 Å². The van der Waals surface area contributed by atoms with Crippen LogP contribution >= 0.6 is 0 Å². The minimum Gasteiger partial charge on any atom is -0.350 e. The Balaban J connectivity index is 2.20. The highest BCUT2D eigenvalue weighted by Gasteiger charge is 2.09. The summed E-state index contributed by atoms with van der Waals surface area (Å²) in [6, 6.07) is 10.3. The minimum absolute atomic E-state index is 0.0893. The van der Waals surface area contributed by atoms with Crippen LogP contribution in [0, 0.1) is 0 Å². The van der Waals surface area contributed by atoms with Gasteiger partial charge in [0.1, 0.15) is 0 Å². The van der Waals surface area contributed by atoms with Gasteiger partial charge in [-0.1, -0.05) is 24.3 Å². The maximum absolute atomic E-state index is 12.1. The summed E-state index contributed by atoms with van der Waals surface area (Å²) in [6.07, 6.45) is 3.38. The highest BCUT2D eigenvalue weighted by Crippen LogP contribution is 2.20. The van der Waals surface area contributed by atoms with Crippen molar-refractivity contribution in [1.29, 1.82) is 0 Å². The molecular weight excluding hydrogens is 274 g/mol. The number of carbonyl (C=O) groups is 1. The van der Waals surface area contributed by atoms with Gasteiger partial charge in [-0.3, -0.25) is 9.78 Å². The quantitative estimate of drug-likeness (QED) is 0.923. The molecular formula is C18H23N3O. The van der Waals surface area contributed by atoms with Gasteiger partial charge < -0.3 is 10.2 Å². The molecule has 0 atom stereocenters. The van der Waals surface area contributed by atoms with Crippen molar-refractivity contribution in [1.82, 2.24) is 15.2 Å². The Hall–Kier alpha value is -2.20. The number of nitrogens with one attached hydrogen (secondary N) is 1. The van der Waals surface area contributed by atoms with Crippen molar-refractivity contribution >= 4 is 5.91 Å². The number of pyridine rings is 1. The Morgan fingerprint density at radius 1 is 1.14 bits per heavy atom. The number of amides is 1. The Bertz CT molecular complexity index is 633. The zero-order valence-electron chi connectivity index (χ0n) is 13.6. The smallest absolute Gasteiger partial charge is 0.253 e. The molecule has 4 heteroatoms. The molecule has 116 valence electrons. The average molecular weight is 297 g/mol. The molecule has 1 heterocycles. The zero-order valence-corrected chi connectivity index (χ0v) is 13.6. The second kappa shape index (κ2) is 7.18. The van der Waals surface area contributed by atoms with Crippen molar-refractivity contribution in [3.8, 4) is 11.1 Å². The van der Waals surface area contributed by atoms with Crippen LogP contribution in [-0.2, 0) is 6.54 Å². The summed E-state index contributed by atoms with van der Waals surface area (Å²) in [5.41, 5.74) is 3.86. The summed E-state index contributed by atoms with van der Waals surface area (Å²) in [5, 5.41) is 2.88. The first-order valence-corrected chi connectivity index (χ1v) is 7.45. The Labute approximate surface area is 132 Å². The second-order valence-electron chi connectivity index (χ2n) is 6.03. The number of rotatable bonds is 5. The molecule has 4 nitrogen and oxygen atoms in total. The molecule has 0 spiro atoms. The maximum Gasteiger partial charge on any atom is 0.253 e. The van der Waals surface area contributed by atoms with Crippen LogP contribution in [0.3, 0.4) is 0 Å². The van der Waals surface area contributed by atoms with Gasteiger partial charge in [0.2, 0.25) is 0 Å². The SMILES string of the molecule is CC(C)NC(=O)c1cncc(-c2ccc(CN(C)C)cc2)c1. The molecule has 0 aliphatic rings. The second-order valence-corrected chi connectivity index (χ2v) is 6.03. The molecule has 1 amide bonds. The molecule has 0 bridgehead atoms. The van der Waals surface area contributed by atoms with E-state index in [4.69, 9.17) is 0 Å². The summed E-state index contributed by atoms with van der Waals surface area (Å²) >= 11 is 0. The van der Waals surface area contributed by atoms with Crippen molar-refractivity contribution in [2.24, 2.45) is 0 Å². The summed E-state index contributed by atoms with van der Waals surface area (Å²) in [4.78, 5) is 18.4. The van der Waals surface area contributed by atoms with Crippen molar-refractivity contribution in [2.45, 2.75) is 26.4 Å². The van der Waals surface area contributed by atoms with Crippen LogP contribution in [0.25, 0.3) is 11.1 Å². The maximum atomic E-state index is 12.1. The standard InChI is InChI=1S/C18H23N3O/c1-13(2)20-18(22)17-9-16(10-19-11-17)15-7-5-14(6-8-15)12-21(3)4/h5-11,13H,12H2,1-4H3,(H,20,22). The molecule has 2 rings (SSSR count). The highest BCUT2D eigenvalue weighted by atomic mass is 16.1. The van der Waals surface area contributed by atoms with Crippen molar-refractivity contribution < 1.29 is 4.79 Å². The minimum atomic E-state index is -0.0893. The molecule has 0 saturated carbocycles. The molecule has 0 unspecified atom stereocenters. The Morgan fingerprint density at radius 3 is 2.41 bits per heavy atom. The molecule has 1 N–H and O–H groups in total. The van der Waals surface area contributed by atoms with Crippen LogP contribution in [0.1, 0.15) is 29.8 Å². The first kappa shape index (κ1) is 16.2. The lowest BCUT2D eigenvalue weighted by Crippen LogP contribution is -2.30. The fraction of sp³-hybridized carbons (Fsp3) is 0.333. The van der Waals surface area contributed by atoms with E-state index in [0.717, 1.165) is 17.7 Å². The summed E-state index contributed by atoms with van der Waals surface area (Å²) in [6.45, 7) is 4.80. The molecule has 22 heavy (non-hydrogen) atoms. The van der Waals surface area contributed by atoms with Gasteiger partial charge in [0, 0.05) is 30.5 Å². The van der Waals surface area contributed by atoms with E-state index in [9.17, 15) is 4.79 Å². The highest BCUT2D eigenvalue weighted by molar-refractivity contribution is 5.95. The number of carbonyl (C=O) groups excluding carboxylic acids is 1. The molecule has 2 aromatic rings. The van der Waals surface area contributed by atoms with E-state index in [1.165, 1.54) is 5.56 Å². The third-order valence-corrected chi connectivity index (χ3v) is 3.21. The monoisotopic (exact) mass is 297 g/mol. The van der Waals surface area contributed by atoms with E-state index >= 15 is 0 Å². The number of hydrogen-bond acceptors (Lipinski definition) is 3. The van der Waals surface area contributed by atoms with Gasteiger partial charge in [-0.15, -0.1) is 0 Å². The lowest BCUT2D eigenvalue weighted by Gasteiger charge is -2.11. The van der Waals surface area contributed by atoms with Crippen LogP contribution in [0.5, 0.6) is 0 Å². The topological polar surface area (TPSA) is 45.2 Å². The average Bonchev–Trinajstić information content (AvgIpc) is 2.47. The summed E-state index contributed by atoms with van der Waals surface area (Å²) in [5.74, 6) is -0.0893. The third kappa shape index (κ3) is 4.40. The Morgan fingerprint density at radius 2 is 1.82 bits per heavy atom. The van der Waals surface area contributed by atoms with Gasteiger partial charge in [-0.2, -0.15) is 0 Å². The van der Waals surface area contributed by atoms with Crippen molar-refractivity contribution in [3.63, 3.8) is 0 Å². The van der Waals surface area contributed by atoms with E-state index in [-0.39, 0.29) is 11.9 Å². The molecule has 0 radical (unpaired) electrons. The van der Waals surface area contributed by atoms with Gasteiger partial charge in [0.15, 0.2) is 0 Å². The van der Waals surface area contributed by atoms with Crippen LogP contribution < -0.4 is 5.32 Å². The molecule has 0 aliphatic carbocycles. The van der Waals surface area contributed by atoms with Gasteiger partial charge in [-0.05, 0) is 45.1 Å². The predicted octanol–water partition coefficient (Wildman–Crippen LogP) is 2.95. The number of benzene rings is 1. The van der Waals surface area contributed by atoms with E-state index in [2.05, 4.69) is 53.6 Å². The lowest BCUT2D eigenvalue weighted by atomic mass is 10.0. The first-order chi connectivity index (χ1) is 10.5. The fourth-order valence-electron chi connectivity index (χ4n) is 2.24. The number of nitrogens with zero attached hydrogens (tertiary/aromatic N) is 2. The number of hydrogen-bond donors (Lipinski definition) is 1. The largest absolute Gasteiger partial charge is 0.350 e. The van der Waals surface area contributed by atoms with E-state index < -0.39 is 0 Å². The zero-order chi connectivity index (χ0) is 16.1.